The standard InChI is InChI=1S/C26H27ClN2O5/c1-2-3-13-34-26(32)29-12-10-21-22-15-18(27)6-9-23(22)28-24(21)25(29)17-4-7-20(8-5-17)33-14-11-19(31)16-30/h4-9,15,19,25,28,30-31H,10-14,16H2,1H3. The number of aliphatic hydroxyl groups excluding tert-OH is 2. The molecular weight excluding hydrogens is 456 g/mol. The van der Waals surface area contributed by atoms with Gasteiger partial charge in [0.25, 0.3) is 0 Å². The van der Waals surface area contributed by atoms with Crippen LogP contribution in [0.1, 0.15) is 36.2 Å². The Morgan fingerprint density at radius 3 is 2.82 bits per heavy atom. The first-order valence-corrected chi connectivity index (χ1v) is 11.5. The minimum Gasteiger partial charge on any atom is -0.493 e. The Morgan fingerprint density at radius 2 is 2.09 bits per heavy atom. The highest BCUT2D eigenvalue weighted by atomic mass is 35.5. The summed E-state index contributed by atoms with van der Waals surface area (Å²) in [7, 11) is 0. The summed E-state index contributed by atoms with van der Waals surface area (Å²) in [4.78, 5) is 18.2. The molecule has 0 bridgehead atoms. The lowest BCUT2D eigenvalue weighted by atomic mass is 9.92. The van der Waals surface area contributed by atoms with Crippen LogP contribution in [-0.2, 0) is 11.2 Å². The number of benzene rings is 2. The fourth-order valence-electron chi connectivity index (χ4n) is 4.21. The van der Waals surface area contributed by atoms with Crippen molar-refractivity contribution in [1.29, 1.82) is 0 Å². The number of rotatable bonds is 7. The van der Waals surface area contributed by atoms with Crippen LogP contribution in [0.3, 0.4) is 0 Å². The van der Waals surface area contributed by atoms with Crippen LogP contribution in [0.5, 0.6) is 5.75 Å². The lowest BCUT2D eigenvalue weighted by Gasteiger charge is -2.35. The molecule has 0 spiro atoms. The molecule has 1 aliphatic heterocycles. The maximum atomic E-state index is 13.0. The average Bonchev–Trinajstić information content (AvgIpc) is 3.21. The number of carbonyl (C=O) groups excluding carboxylic acids is 1. The Kier molecular flexibility index (Phi) is 7.63. The van der Waals surface area contributed by atoms with Crippen LogP contribution in [0, 0.1) is 11.8 Å². The first-order chi connectivity index (χ1) is 16.5. The number of hydrogen-bond acceptors (Lipinski definition) is 5. The van der Waals surface area contributed by atoms with Gasteiger partial charge in [0.15, 0.2) is 6.61 Å². The zero-order valence-corrected chi connectivity index (χ0v) is 19.6. The third-order valence-electron chi connectivity index (χ3n) is 5.89. The van der Waals surface area contributed by atoms with Gasteiger partial charge in [0.1, 0.15) is 11.8 Å². The fourth-order valence-corrected chi connectivity index (χ4v) is 4.38. The summed E-state index contributed by atoms with van der Waals surface area (Å²) in [5.74, 6) is 6.14. The number of aromatic amines is 1. The van der Waals surface area contributed by atoms with E-state index >= 15 is 0 Å². The van der Waals surface area contributed by atoms with Gasteiger partial charge in [-0.2, -0.15) is 0 Å². The van der Waals surface area contributed by atoms with Crippen LogP contribution in [0.4, 0.5) is 4.79 Å². The van der Waals surface area contributed by atoms with Crippen molar-refractivity contribution in [2.24, 2.45) is 0 Å². The van der Waals surface area contributed by atoms with E-state index < -0.39 is 12.2 Å². The number of aromatic nitrogens is 1. The Balaban J connectivity index is 1.65. The average molecular weight is 483 g/mol. The minimum absolute atomic E-state index is 0.0419. The Labute approximate surface area is 203 Å². The molecule has 178 valence electrons. The molecule has 2 aromatic carbocycles. The number of fused-ring (bicyclic) bond motifs is 3. The van der Waals surface area contributed by atoms with E-state index in [1.165, 1.54) is 0 Å². The molecule has 2 heterocycles. The van der Waals surface area contributed by atoms with Crippen LogP contribution in [0.2, 0.25) is 5.02 Å². The Morgan fingerprint density at radius 1 is 1.29 bits per heavy atom. The predicted octanol–water partition coefficient (Wildman–Crippen LogP) is 4.05. The molecule has 1 aliphatic rings. The number of ether oxygens (including phenoxy) is 2. The lowest BCUT2D eigenvalue weighted by Crippen LogP contribution is -2.41. The summed E-state index contributed by atoms with van der Waals surface area (Å²) in [5.41, 5.74) is 3.94. The van der Waals surface area contributed by atoms with E-state index in [9.17, 15) is 9.90 Å². The number of H-pyrrole nitrogens is 1. The second-order valence-electron chi connectivity index (χ2n) is 8.08. The number of halogens is 1. The van der Waals surface area contributed by atoms with Gasteiger partial charge in [-0.05, 0) is 54.8 Å². The normalized spacial score (nSPS) is 15.9. The molecule has 3 aromatic rings. The quantitative estimate of drug-likeness (QED) is 0.441. The summed E-state index contributed by atoms with van der Waals surface area (Å²) >= 11 is 6.25. The highest BCUT2D eigenvalue weighted by Gasteiger charge is 2.35. The van der Waals surface area contributed by atoms with E-state index in [0.717, 1.165) is 27.7 Å². The number of hydrogen-bond donors (Lipinski definition) is 3. The summed E-state index contributed by atoms with van der Waals surface area (Å²) in [5, 5.41) is 20.1. The molecule has 0 saturated carbocycles. The number of aliphatic hydroxyl groups is 2. The van der Waals surface area contributed by atoms with E-state index in [1.54, 1.807) is 11.8 Å². The van der Waals surface area contributed by atoms with E-state index in [0.29, 0.717) is 30.2 Å². The molecule has 0 aliphatic carbocycles. The van der Waals surface area contributed by atoms with Gasteiger partial charge in [0, 0.05) is 34.6 Å². The molecule has 1 aromatic heterocycles. The predicted molar refractivity (Wildman–Crippen MR) is 130 cm³/mol. The fraction of sp³-hybridized carbons (Fsp3) is 0.346. The van der Waals surface area contributed by atoms with E-state index in [2.05, 4.69) is 16.8 Å². The molecule has 0 radical (unpaired) electrons. The highest BCUT2D eigenvalue weighted by molar-refractivity contribution is 6.31. The maximum Gasteiger partial charge on any atom is 0.411 e. The molecule has 34 heavy (non-hydrogen) atoms. The van der Waals surface area contributed by atoms with Crippen molar-refractivity contribution in [2.75, 3.05) is 26.4 Å². The minimum atomic E-state index is -0.799. The second-order valence-corrected chi connectivity index (χ2v) is 8.51. The van der Waals surface area contributed by atoms with Gasteiger partial charge in [-0.25, -0.2) is 4.79 Å². The van der Waals surface area contributed by atoms with Crippen LogP contribution in [0.25, 0.3) is 10.9 Å². The van der Waals surface area contributed by atoms with Gasteiger partial charge in [0.05, 0.1) is 19.3 Å². The van der Waals surface area contributed by atoms with E-state index in [1.807, 2.05) is 42.5 Å². The Bertz CT molecular complexity index is 1210. The SMILES string of the molecule is CC#CCOC(=O)N1CCc2c([nH]c3ccc(Cl)cc23)C1c1ccc(OCCC(O)CO)cc1. The van der Waals surface area contributed by atoms with E-state index in [4.69, 9.17) is 26.2 Å². The summed E-state index contributed by atoms with van der Waals surface area (Å²) in [6.07, 6.45) is -0.210. The molecule has 7 nitrogen and oxygen atoms in total. The number of amides is 1. The smallest absolute Gasteiger partial charge is 0.411 e. The maximum absolute atomic E-state index is 13.0. The van der Waals surface area contributed by atoms with Crippen molar-refractivity contribution in [1.82, 2.24) is 9.88 Å². The van der Waals surface area contributed by atoms with Crippen LogP contribution < -0.4 is 4.74 Å². The molecule has 8 heteroatoms. The van der Waals surface area contributed by atoms with Crippen molar-refractivity contribution >= 4 is 28.6 Å². The first kappa shape index (κ1) is 24.0. The summed E-state index contributed by atoms with van der Waals surface area (Å²) in [6.45, 7) is 2.23. The molecule has 2 unspecified atom stereocenters. The summed E-state index contributed by atoms with van der Waals surface area (Å²) in [6, 6.07) is 12.9. The van der Waals surface area contributed by atoms with Crippen molar-refractivity contribution < 1.29 is 24.5 Å². The van der Waals surface area contributed by atoms with Crippen LogP contribution >= 0.6 is 11.6 Å². The molecule has 0 fully saturated rings. The first-order valence-electron chi connectivity index (χ1n) is 11.2. The monoisotopic (exact) mass is 482 g/mol. The van der Waals surface area contributed by atoms with Gasteiger partial charge < -0.3 is 24.7 Å². The second kappa shape index (κ2) is 10.8. The van der Waals surface area contributed by atoms with E-state index in [-0.39, 0.29) is 25.9 Å². The largest absolute Gasteiger partial charge is 0.493 e. The third kappa shape index (κ3) is 5.15. The number of nitrogens with zero attached hydrogens (tertiary/aromatic N) is 1. The zero-order valence-electron chi connectivity index (χ0n) is 18.9. The molecule has 2 atom stereocenters. The van der Waals surface area contributed by atoms with Crippen molar-refractivity contribution in [3.63, 3.8) is 0 Å². The van der Waals surface area contributed by atoms with Crippen molar-refractivity contribution in [2.45, 2.75) is 31.9 Å². The van der Waals surface area contributed by atoms with Gasteiger partial charge >= 0.3 is 6.09 Å². The molecule has 3 N–H and O–H groups in total. The summed E-state index contributed by atoms with van der Waals surface area (Å²) < 4.78 is 11.1. The lowest BCUT2D eigenvalue weighted by molar-refractivity contribution is 0.0754. The zero-order chi connectivity index (χ0) is 24.1. The third-order valence-corrected chi connectivity index (χ3v) is 6.13. The highest BCUT2D eigenvalue weighted by Crippen LogP contribution is 2.39. The van der Waals surface area contributed by atoms with Gasteiger partial charge in [-0.1, -0.05) is 29.7 Å². The van der Waals surface area contributed by atoms with Gasteiger partial charge in [0.2, 0.25) is 0 Å². The van der Waals surface area contributed by atoms with Crippen molar-refractivity contribution in [3.8, 4) is 17.6 Å². The number of nitrogens with one attached hydrogen (secondary N) is 1. The Hall–Kier alpha value is -3.18. The van der Waals surface area contributed by atoms with Crippen molar-refractivity contribution in [3.05, 3.63) is 64.3 Å². The van der Waals surface area contributed by atoms with Gasteiger partial charge in [-0.15, -0.1) is 5.92 Å². The van der Waals surface area contributed by atoms with Crippen LogP contribution in [-0.4, -0.2) is 58.7 Å². The van der Waals surface area contributed by atoms with Crippen LogP contribution in [0.15, 0.2) is 42.5 Å². The molecule has 0 saturated heterocycles. The molecular formula is C26H27ClN2O5. The molecule has 1 amide bonds. The molecule has 4 rings (SSSR count). The van der Waals surface area contributed by atoms with Gasteiger partial charge in [-0.3, -0.25) is 4.90 Å². The number of carbonyl (C=O) groups is 1. The topological polar surface area (TPSA) is 95.0 Å².